The summed E-state index contributed by atoms with van der Waals surface area (Å²) in [7, 11) is 0. The number of carbonyl (C=O) groups is 1. The fourth-order valence-corrected chi connectivity index (χ4v) is 2.45. The molecule has 2 heterocycles. The molecule has 3 rings (SSSR count). The van der Waals surface area contributed by atoms with Crippen molar-refractivity contribution < 1.29 is 9.53 Å². The highest BCUT2D eigenvalue weighted by Gasteiger charge is 2.23. The van der Waals surface area contributed by atoms with Gasteiger partial charge >= 0.3 is 0 Å². The minimum atomic E-state index is -0.290. The highest BCUT2D eigenvalue weighted by molar-refractivity contribution is 5.94. The fourth-order valence-electron chi connectivity index (χ4n) is 2.45. The molecule has 0 bridgehead atoms. The van der Waals surface area contributed by atoms with E-state index < -0.39 is 0 Å². The van der Waals surface area contributed by atoms with Crippen molar-refractivity contribution in [3.63, 3.8) is 0 Å². The first-order valence-corrected chi connectivity index (χ1v) is 7.21. The molecule has 1 aromatic heterocycles. The lowest BCUT2D eigenvalue weighted by Gasteiger charge is -2.11. The molecule has 1 aliphatic heterocycles. The third kappa shape index (κ3) is 3.67. The Kier molecular flexibility index (Phi) is 4.26. The van der Waals surface area contributed by atoms with Crippen molar-refractivity contribution in [1.82, 2.24) is 4.98 Å². The van der Waals surface area contributed by atoms with Gasteiger partial charge < -0.3 is 10.1 Å². The van der Waals surface area contributed by atoms with E-state index >= 15 is 0 Å². The molecule has 1 N–H and O–H groups in total. The summed E-state index contributed by atoms with van der Waals surface area (Å²) in [5, 5.41) is 2.90. The summed E-state index contributed by atoms with van der Waals surface area (Å²) < 4.78 is 5.37. The van der Waals surface area contributed by atoms with Crippen molar-refractivity contribution in [1.29, 1.82) is 0 Å². The summed E-state index contributed by atoms with van der Waals surface area (Å²) in [6.07, 6.45) is 5.94. The van der Waals surface area contributed by atoms with E-state index in [1.54, 1.807) is 12.4 Å². The summed E-state index contributed by atoms with van der Waals surface area (Å²) in [5.41, 5.74) is 3.24. The average Bonchev–Trinajstić information content (AvgIpc) is 3.05. The Bertz CT molecular complexity index is 590. The smallest absolute Gasteiger partial charge is 0.253 e. The molecular weight excluding hydrogens is 264 g/mol. The van der Waals surface area contributed by atoms with Gasteiger partial charge in [0.1, 0.15) is 6.10 Å². The van der Waals surface area contributed by atoms with Gasteiger partial charge in [0.15, 0.2) is 0 Å². The fraction of sp³-hybridized carbons (Fsp3) is 0.294. The summed E-state index contributed by atoms with van der Waals surface area (Å²) in [6.45, 7) is 0.683. The molecule has 1 saturated heterocycles. The van der Waals surface area contributed by atoms with Gasteiger partial charge in [0, 0.05) is 24.7 Å². The van der Waals surface area contributed by atoms with Gasteiger partial charge in [-0.25, -0.2) is 0 Å². The van der Waals surface area contributed by atoms with Crippen LogP contribution in [0.5, 0.6) is 0 Å². The number of nitrogens with one attached hydrogen (secondary N) is 1. The Morgan fingerprint density at radius 3 is 2.52 bits per heavy atom. The monoisotopic (exact) mass is 282 g/mol. The Morgan fingerprint density at radius 2 is 1.86 bits per heavy atom. The van der Waals surface area contributed by atoms with E-state index in [9.17, 15) is 4.79 Å². The zero-order valence-corrected chi connectivity index (χ0v) is 11.8. The largest absolute Gasteiger partial charge is 0.368 e. The third-order valence-electron chi connectivity index (χ3n) is 3.60. The number of rotatable bonds is 4. The Labute approximate surface area is 124 Å². The molecule has 0 saturated carbocycles. The molecule has 1 aliphatic rings. The van der Waals surface area contributed by atoms with Crippen LogP contribution in [-0.2, 0) is 16.0 Å². The zero-order valence-electron chi connectivity index (χ0n) is 11.8. The van der Waals surface area contributed by atoms with Crippen LogP contribution in [-0.4, -0.2) is 23.6 Å². The third-order valence-corrected chi connectivity index (χ3v) is 3.60. The lowest BCUT2D eigenvalue weighted by Crippen LogP contribution is -2.26. The van der Waals surface area contributed by atoms with Gasteiger partial charge in [-0.3, -0.25) is 9.78 Å². The minimum Gasteiger partial charge on any atom is -0.368 e. The molecule has 0 aliphatic carbocycles. The van der Waals surface area contributed by atoms with Gasteiger partial charge in [-0.05, 0) is 54.7 Å². The summed E-state index contributed by atoms with van der Waals surface area (Å²) >= 11 is 0. The van der Waals surface area contributed by atoms with Crippen molar-refractivity contribution in [2.45, 2.75) is 25.4 Å². The Hall–Kier alpha value is -2.20. The zero-order chi connectivity index (χ0) is 14.5. The van der Waals surface area contributed by atoms with Gasteiger partial charge in [0.2, 0.25) is 0 Å². The number of ether oxygens (including phenoxy) is 1. The van der Waals surface area contributed by atoms with Crippen LogP contribution in [0.2, 0.25) is 0 Å². The number of nitrogens with zero attached hydrogens (tertiary/aromatic N) is 1. The number of hydrogen-bond acceptors (Lipinski definition) is 3. The van der Waals surface area contributed by atoms with E-state index in [0.29, 0.717) is 6.61 Å². The van der Waals surface area contributed by atoms with E-state index in [4.69, 9.17) is 4.74 Å². The molecule has 0 spiro atoms. The van der Waals surface area contributed by atoms with E-state index in [-0.39, 0.29) is 12.0 Å². The molecule has 2 aromatic rings. The van der Waals surface area contributed by atoms with Crippen LogP contribution in [0, 0.1) is 0 Å². The quantitative estimate of drug-likeness (QED) is 0.938. The van der Waals surface area contributed by atoms with E-state index in [1.165, 1.54) is 11.1 Å². The Balaban J connectivity index is 1.60. The van der Waals surface area contributed by atoms with Gasteiger partial charge in [0.25, 0.3) is 5.91 Å². The van der Waals surface area contributed by atoms with Crippen molar-refractivity contribution in [3.8, 4) is 0 Å². The minimum absolute atomic E-state index is 0.0469. The van der Waals surface area contributed by atoms with Crippen LogP contribution < -0.4 is 5.32 Å². The van der Waals surface area contributed by atoms with E-state index in [1.807, 2.05) is 36.4 Å². The molecule has 4 nitrogen and oxygen atoms in total. The molecule has 21 heavy (non-hydrogen) atoms. The number of amides is 1. The number of carbonyl (C=O) groups excluding carboxylic acids is 1. The molecule has 1 atom stereocenters. The van der Waals surface area contributed by atoms with Crippen LogP contribution in [0.25, 0.3) is 0 Å². The summed E-state index contributed by atoms with van der Waals surface area (Å²) in [4.78, 5) is 16.0. The first-order valence-electron chi connectivity index (χ1n) is 7.21. The second-order valence-electron chi connectivity index (χ2n) is 5.22. The average molecular weight is 282 g/mol. The first kappa shape index (κ1) is 13.8. The second kappa shape index (κ2) is 6.50. The normalized spacial score (nSPS) is 17.6. The topological polar surface area (TPSA) is 51.2 Å². The molecule has 0 radical (unpaired) electrons. The SMILES string of the molecule is O=C(Nc1ccc(Cc2ccncc2)cc1)[C@@H]1CCCO1. The lowest BCUT2D eigenvalue weighted by molar-refractivity contribution is -0.124. The molecule has 4 heteroatoms. The Morgan fingerprint density at radius 1 is 1.14 bits per heavy atom. The van der Waals surface area contributed by atoms with Crippen molar-refractivity contribution >= 4 is 11.6 Å². The van der Waals surface area contributed by atoms with Crippen LogP contribution in [0.3, 0.4) is 0 Å². The number of anilines is 1. The summed E-state index contributed by atoms with van der Waals surface area (Å²) in [6, 6.07) is 11.9. The molecule has 1 aromatic carbocycles. The summed E-state index contributed by atoms with van der Waals surface area (Å²) in [5.74, 6) is -0.0469. The van der Waals surface area contributed by atoms with Crippen molar-refractivity contribution in [3.05, 3.63) is 59.9 Å². The predicted octanol–water partition coefficient (Wildman–Crippen LogP) is 2.79. The number of benzene rings is 1. The lowest BCUT2D eigenvalue weighted by atomic mass is 10.1. The maximum Gasteiger partial charge on any atom is 0.253 e. The van der Waals surface area contributed by atoms with Gasteiger partial charge in [-0.2, -0.15) is 0 Å². The van der Waals surface area contributed by atoms with E-state index in [2.05, 4.69) is 10.3 Å². The molecule has 1 fully saturated rings. The van der Waals surface area contributed by atoms with Gasteiger partial charge in [-0.1, -0.05) is 12.1 Å². The standard InChI is InChI=1S/C17H18N2O2/c20-17(16-2-1-11-21-16)19-15-5-3-13(4-6-15)12-14-7-9-18-10-8-14/h3-10,16H,1-2,11-12H2,(H,19,20)/t16-/m0/s1. The second-order valence-corrected chi connectivity index (χ2v) is 5.22. The first-order chi connectivity index (χ1) is 10.3. The van der Waals surface area contributed by atoms with Gasteiger partial charge in [-0.15, -0.1) is 0 Å². The van der Waals surface area contributed by atoms with Crippen molar-refractivity contribution in [2.75, 3.05) is 11.9 Å². The number of aromatic nitrogens is 1. The highest BCUT2D eigenvalue weighted by atomic mass is 16.5. The van der Waals surface area contributed by atoms with Crippen molar-refractivity contribution in [2.24, 2.45) is 0 Å². The number of hydrogen-bond donors (Lipinski definition) is 1. The van der Waals surface area contributed by atoms with Crippen LogP contribution in [0.15, 0.2) is 48.8 Å². The molecule has 0 unspecified atom stereocenters. The maximum absolute atomic E-state index is 11.9. The van der Waals surface area contributed by atoms with Gasteiger partial charge in [0.05, 0.1) is 0 Å². The maximum atomic E-state index is 11.9. The molecular formula is C17H18N2O2. The highest BCUT2D eigenvalue weighted by Crippen LogP contribution is 2.17. The van der Waals surface area contributed by atoms with E-state index in [0.717, 1.165) is 24.9 Å². The number of pyridine rings is 1. The van der Waals surface area contributed by atoms with Crippen LogP contribution in [0.1, 0.15) is 24.0 Å². The van der Waals surface area contributed by atoms with Crippen LogP contribution in [0.4, 0.5) is 5.69 Å². The predicted molar refractivity (Wildman–Crippen MR) is 81.1 cm³/mol. The molecule has 1 amide bonds. The molecule has 108 valence electrons. The van der Waals surface area contributed by atoms with Crippen LogP contribution >= 0.6 is 0 Å².